The molecule has 4 nitrogen and oxygen atoms in total. The molecule has 94 valence electrons. The summed E-state index contributed by atoms with van der Waals surface area (Å²) in [6, 6.07) is 8.42. The van der Waals surface area contributed by atoms with Crippen LogP contribution in [-0.2, 0) is 6.42 Å². The van der Waals surface area contributed by atoms with Crippen molar-refractivity contribution < 1.29 is 14.3 Å². The molecule has 0 radical (unpaired) electrons. The Kier molecular flexibility index (Phi) is 4.04. The number of furan rings is 1. The lowest BCUT2D eigenvalue weighted by Crippen LogP contribution is -2.25. The zero-order valence-electron chi connectivity index (χ0n) is 9.52. The normalized spacial score (nSPS) is 10.3. The Balaban J connectivity index is 1.91. The van der Waals surface area contributed by atoms with Gasteiger partial charge in [-0.05, 0) is 30.3 Å². The first kappa shape index (κ1) is 12.7. The number of amides is 1. The van der Waals surface area contributed by atoms with Crippen LogP contribution in [0.15, 0.2) is 45.5 Å². The summed E-state index contributed by atoms with van der Waals surface area (Å²) in [6.45, 7) is 0.460. The molecule has 1 amide bonds. The summed E-state index contributed by atoms with van der Waals surface area (Å²) >= 11 is 3.22. The largest absolute Gasteiger partial charge is 0.507 e. The number of hydrogen-bond acceptors (Lipinski definition) is 3. The molecule has 18 heavy (non-hydrogen) atoms. The van der Waals surface area contributed by atoms with E-state index in [1.807, 2.05) is 6.07 Å². The zero-order chi connectivity index (χ0) is 13.0. The molecular weight excluding hydrogens is 298 g/mol. The molecule has 0 fully saturated rings. The van der Waals surface area contributed by atoms with E-state index in [1.165, 1.54) is 6.07 Å². The summed E-state index contributed by atoms with van der Waals surface area (Å²) in [5.74, 6) is 0.474. The predicted octanol–water partition coefficient (Wildman–Crippen LogP) is 2.72. The van der Waals surface area contributed by atoms with E-state index < -0.39 is 0 Å². The SMILES string of the molecule is O=C(NCCc1ccco1)c1ccc(Br)cc1O. The number of phenols is 1. The zero-order valence-corrected chi connectivity index (χ0v) is 11.1. The molecule has 2 rings (SSSR count). The number of aromatic hydroxyl groups is 1. The van der Waals surface area contributed by atoms with Crippen LogP contribution in [0.2, 0.25) is 0 Å². The average Bonchev–Trinajstić information content (AvgIpc) is 2.81. The van der Waals surface area contributed by atoms with Gasteiger partial charge in [-0.15, -0.1) is 0 Å². The third kappa shape index (κ3) is 3.13. The molecule has 0 saturated carbocycles. The Bertz CT molecular complexity index is 537. The predicted molar refractivity (Wildman–Crippen MR) is 70.6 cm³/mol. The molecular formula is C13H12BrNO3. The molecule has 2 aromatic rings. The topological polar surface area (TPSA) is 62.5 Å². The van der Waals surface area contributed by atoms with Gasteiger partial charge in [0.15, 0.2) is 0 Å². The fourth-order valence-corrected chi connectivity index (χ4v) is 1.90. The maximum absolute atomic E-state index is 11.8. The molecule has 0 unspecified atom stereocenters. The van der Waals surface area contributed by atoms with E-state index in [4.69, 9.17) is 4.42 Å². The molecule has 0 spiro atoms. The van der Waals surface area contributed by atoms with Gasteiger partial charge in [-0.2, -0.15) is 0 Å². The molecule has 0 bridgehead atoms. The van der Waals surface area contributed by atoms with Gasteiger partial charge in [0.2, 0.25) is 0 Å². The van der Waals surface area contributed by atoms with Crippen LogP contribution in [0.4, 0.5) is 0 Å². The Morgan fingerprint density at radius 1 is 1.39 bits per heavy atom. The van der Waals surface area contributed by atoms with Gasteiger partial charge < -0.3 is 14.8 Å². The van der Waals surface area contributed by atoms with Crippen molar-refractivity contribution in [2.75, 3.05) is 6.54 Å². The van der Waals surface area contributed by atoms with Gasteiger partial charge in [-0.1, -0.05) is 15.9 Å². The number of halogens is 1. The maximum atomic E-state index is 11.8. The summed E-state index contributed by atoms with van der Waals surface area (Å²) in [7, 11) is 0. The Hall–Kier alpha value is -1.75. The van der Waals surface area contributed by atoms with Gasteiger partial charge in [-0.3, -0.25) is 4.79 Å². The molecule has 5 heteroatoms. The molecule has 1 aromatic heterocycles. The minimum atomic E-state index is -0.299. The lowest BCUT2D eigenvalue weighted by atomic mass is 10.2. The number of rotatable bonds is 4. The smallest absolute Gasteiger partial charge is 0.255 e. The summed E-state index contributed by atoms with van der Waals surface area (Å²) in [4.78, 5) is 11.8. The van der Waals surface area contributed by atoms with Crippen LogP contribution in [0, 0.1) is 0 Å². The van der Waals surface area contributed by atoms with Gasteiger partial charge in [-0.25, -0.2) is 0 Å². The third-order valence-electron chi connectivity index (χ3n) is 2.44. The third-order valence-corrected chi connectivity index (χ3v) is 2.93. The fourth-order valence-electron chi connectivity index (χ4n) is 1.55. The van der Waals surface area contributed by atoms with Crippen molar-refractivity contribution >= 4 is 21.8 Å². The molecule has 1 aromatic carbocycles. The summed E-state index contributed by atoms with van der Waals surface area (Å²) in [5, 5.41) is 12.4. The number of benzene rings is 1. The molecule has 0 aliphatic carbocycles. The van der Waals surface area contributed by atoms with Gasteiger partial charge in [0, 0.05) is 17.4 Å². The molecule has 2 N–H and O–H groups in total. The van der Waals surface area contributed by atoms with Gasteiger partial charge in [0.1, 0.15) is 11.5 Å². The highest BCUT2D eigenvalue weighted by Crippen LogP contribution is 2.21. The second kappa shape index (κ2) is 5.73. The van der Waals surface area contributed by atoms with Crippen LogP contribution in [0.3, 0.4) is 0 Å². The summed E-state index contributed by atoms with van der Waals surface area (Å²) in [6.07, 6.45) is 2.22. The van der Waals surface area contributed by atoms with Gasteiger partial charge in [0.05, 0.1) is 11.8 Å². The molecule has 0 aliphatic heterocycles. The number of carbonyl (C=O) groups excluding carboxylic acids is 1. The fraction of sp³-hybridized carbons (Fsp3) is 0.154. The minimum absolute atomic E-state index is 0.0418. The molecule has 0 aliphatic rings. The van der Waals surface area contributed by atoms with Crippen molar-refractivity contribution in [1.82, 2.24) is 5.32 Å². The van der Waals surface area contributed by atoms with Crippen molar-refractivity contribution in [3.05, 3.63) is 52.4 Å². The van der Waals surface area contributed by atoms with Crippen LogP contribution in [0.1, 0.15) is 16.1 Å². The quantitative estimate of drug-likeness (QED) is 0.913. The summed E-state index contributed by atoms with van der Waals surface area (Å²) in [5.41, 5.74) is 0.262. The highest BCUT2D eigenvalue weighted by molar-refractivity contribution is 9.10. The molecule has 0 atom stereocenters. The van der Waals surface area contributed by atoms with E-state index in [-0.39, 0.29) is 17.2 Å². The van der Waals surface area contributed by atoms with Crippen molar-refractivity contribution in [3.63, 3.8) is 0 Å². The van der Waals surface area contributed by atoms with Crippen molar-refractivity contribution in [2.45, 2.75) is 6.42 Å². The van der Waals surface area contributed by atoms with E-state index in [0.29, 0.717) is 13.0 Å². The van der Waals surface area contributed by atoms with E-state index >= 15 is 0 Å². The Morgan fingerprint density at radius 3 is 2.89 bits per heavy atom. The second-order valence-corrected chi connectivity index (χ2v) is 4.66. The van der Waals surface area contributed by atoms with E-state index in [9.17, 15) is 9.90 Å². The molecule has 0 saturated heterocycles. The van der Waals surface area contributed by atoms with Crippen LogP contribution in [0.25, 0.3) is 0 Å². The standard InChI is InChI=1S/C13H12BrNO3/c14-9-3-4-11(12(16)8-9)13(17)15-6-5-10-2-1-7-18-10/h1-4,7-8,16H,5-6H2,(H,15,17). The average molecular weight is 310 g/mol. The first-order valence-corrected chi connectivity index (χ1v) is 6.25. The number of nitrogens with one attached hydrogen (secondary N) is 1. The van der Waals surface area contributed by atoms with E-state index in [2.05, 4.69) is 21.2 Å². The van der Waals surface area contributed by atoms with Crippen LogP contribution in [0.5, 0.6) is 5.75 Å². The van der Waals surface area contributed by atoms with Gasteiger partial charge in [0.25, 0.3) is 5.91 Å². The van der Waals surface area contributed by atoms with E-state index in [0.717, 1.165) is 10.2 Å². The first-order chi connectivity index (χ1) is 8.66. The molecule has 1 heterocycles. The Labute approximate surface area is 113 Å². The highest BCUT2D eigenvalue weighted by Gasteiger charge is 2.10. The van der Waals surface area contributed by atoms with Crippen molar-refractivity contribution in [1.29, 1.82) is 0 Å². The number of phenolic OH excluding ortho intramolecular Hbond substituents is 1. The minimum Gasteiger partial charge on any atom is -0.507 e. The number of hydrogen-bond donors (Lipinski definition) is 2. The van der Waals surface area contributed by atoms with E-state index in [1.54, 1.807) is 24.5 Å². The van der Waals surface area contributed by atoms with Crippen LogP contribution in [-0.4, -0.2) is 17.6 Å². The van der Waals surface area contributed by atoms with Crippen LogP contribution < -0.4 is 5.32 Å². The first-order valence-electron chi connectivity index (χ1n) is 5.46. The summed E-state index contributed by atoms with van der Waals surface area (Å²) < 4.78 is 5.88. The lowest BCUT2D eigenvalue weighted by Gasteiger charge is -2.06. The Morgan fingerprint density at radius 2 is 2.22 bits per heavy atom. The highest BCUT2D eigenvalue weighted by atomic mass is 79.9. The van der Waals surface area contributed by atoms with Crippen molar-refractivity contribution in [2.24, 2.45) is 0 Å². The lowest BCUT2D eigenvalue weighted by molar-refractivity contribution is 0.0951. The maximum Gasteiger partial charge on any atom is 0.255 e. The monoisotopic (exact) mass is 309 g/mol. The second-order valence-electron chi connectivity index (χ2n) is 3.75. The van der Waals surface area contributed by atoms with Crippen LogP contribution >= 0.6 is 15.9 Å². The van der Waals surface area contributed by atoms with Gasteiger partial charge >= 0.3 is 0 Å². The number of carbonyl (C=O) groups is 1. The van der Waals surface area contributed by atoms with Crippen molar-refractivity contribution in [3.8, 4) is 5.75 Å².